The highest BCUT2D eigenvalue weighted by molar-refractivity contribution is 5.78. The second-order valence-electron chi connectivity index (χ2n) is 6.48. The molecule has 2 rings (SSSR count). The first-order chi connectivity index (χ1) is 11.2. The van der Waals surface area contributed by atoms with Gasteiger partial charge in [-0.2, -0.15) is 0 Å². The normalized spacial score (nSPS) is 24.1. The Bertz CT molecular complexity index is 395. The molecule has 1 unspecified atom stereocenters. The quantitative estimate of drug-likeness (QED) is 0.857. The van der Waals surface area contributed by atoms with E-state index in [1.54, 1.807) is 0 Å². The predicted octanol–water partition coefficient (Wildman–Crippen LogP) is 1.85. The zero-order valence-corrected chi connectivity index (χ0v) is 14.6. The van der Waals surface area contributed by atoms with Crippen molar-refractivity contribution in [2.24, 2.45) is 5.92 Å². The molecule has 0 aromatic heterocycles. The highest BCUT2D eigenvalue weighted by atomic mass is 16.6. The summed E-state index contributed by atoms with van der Waals surface area (Å²) in [5.41, 5.74) is 0. The van der Waals surface area contributed by atoms with Gasteiger partial charge in [-0.15, -0.1) is 0 Å². The van der Waals surface area contributed by atoms with Crippen molar-refractivity contribution in [3.05, 3.63) is 0 Å². The van der Waals surface area contributed by atoms with Crippen LogP contribution in [0.1, 0.15) is 46.0 Å². The van der Waals surface area contributed by atoms with Gasteiger partial charge >= 0.3 is 6.09 Å². The lowest BCUT2D eigenvalue weighted by atomic mass is 9.93. The summed E-state index contributed by atoms with van der Waals surface area (Å²) in [5, 5.41) is 2.93. The lowest BCUT2D eigenvalue weighted by Gasteiger charge is -2.36. The monoisotopic (exact) mass is 325 g/mol. The van der Waals surface area contributed by atoms with Crippen LogP contribution in [-0.4, -0.2) is 67.2 Å². The first-order valence-corrected chi connectivity index (χ1v) is 9.09. The van der Waals surface area contributed by atoms with Crippen molar-refractivity contribution in [3.63, 3.8) is 0 Å². The highest BCUT2D eigenvalue weighted by Gasteiger charge is 2.30. The van der Waals surface area contributed by atoms with Crippen molar-refractivity contribution < 1.29 is 14.3 Å². The van der Waals surface area contributed by atoms with E-state index in [1.807, 2.05) is 18.7 Å². The van der Waals surface area contributed by atoms with E-state index in [2.05, 4.69) is 10.2 Å². The number of nitrogens with one attached hydrogen (secondary N) is 1. The van der Waals surface area contributed by atoms with Gasteiger partial charge in [0.05, 0.1) is 6.61 Å². The fourth-order valence-electron chi connectivity index (χ4n) is 3.69. The van der Waals surface area contributed by atoms with Crippen molar-refractivity contribution >= 4 is 12.0 Å². The van der Waals surface area contributed by atoms with E-state index in [-0.39, 0.29) is 17.9 Å². The lowest BCUT2D eigenvalue weighted by molar-refractivity contribution is -0.126. The summed E-state index contributed by atoms with van der Waals surface area (Å²) in [4.78, 5) is 28.1. The molecule has 0 spiro atoms. The van der Waals surface area contributed by atoms with E-state index in [9.17, 15) is 9.59 Å². The Labute approximate surface area is 139 Å². The standard InChI is InChI=1S/C17H31N3O3/c1-3-18-16(21)14-7-11-19(12-8-14)15-6-5-10-20(13-9-15)17(22)23-4-2/h14-15H,3-13H2,1-2H3,(H,18,21). The van der Waals surface area contributed by atoms with Gasteiger partial charge in [0.2, 0.25) is 5.91 Å². The van der Waals surface area contributed by atoms with E-state index in [1.165, 1.54) is 0 Å². The number of likely N-dealkylation sites (tertiary alicyclic amines) is 2. The van der Waals surface area contributed by atoms with Crippen LogP contribution in [0.2, 0.25) is 0 Å². The Kier molecular flexibility index (Phi) is 7.15. The molecular formula is C17H31N3O3. The van der Waals surface area contributed by atoms with Gasteiger partial charge in [0.1, 0.15) is 0 Å². The minimum atomic E-state index is -0.178. The number of ether oxygens (including phenoxy) is 1. The summed E-state index contributed by atoms with van der Waals surface area (Å²) >= 11 is 0. The molecule has 0 bridgehead atoms. The molecule has 2 aliphatic heterocycles. The molecule has 2 fully saturated rings. The molecule has 0 saturated carbocycles. The molecule has 2 amide bonds. The summed E-state index contributed by atoms with van der Waals surface area (Å²) < 4.78 is 5.11. The second kappa shape index (κ2) is 9.11. The number of piperidine rings is 1. The smallest absolute Gasteiger partial charge is 0.409 e. The Morgan fingerprint density at radius 3 is 2.43 bits per heavy atom. The van der Waals surface area contributed by atoms with E-state index in [0.29, 0.717) is 19.2 Å². The van der Waals surface area contributed by atoms with E-state index < -0.39 is 0 Å². The van der Waals surface area contributed by atoms with E-state index >= 15 is 0 Å². The Balaban J connectivity index is 1.78. The SMILES string of the molecule is CCNC(=O)C1CCN(C2CCCN(C(=O)OCC)CC2)CC1. The minimum absolute atomic E-state index is 0.174. The van der Waals surface area contributed by atoms with Crippen LogP contribution in [-0.2, 0) is 9.53 Å². The van der Waals surface area contributed by atoms with Crippen LogP contribution < -0.4 is 5.32 Å². The molecule has 0 aliphatic carbocycles. The average molecular weight is 325 g/mol. The van der Waals surface area contributed by atoms with Gasteiger partial charge in [-0.3, -0.25) is 4.79 Å². The summed E-state index contributed by atoms with van der Waals surface area (Å²) in [5.74, 6) is 0.384. The molecule has 0 radical (unpaired) electrons. The molecule has 2 saturated heterocycles. The van der Waals surface area contributed by atoms with Crippen molar-refractivity contribution in [3.8, 4) is 0 Å². The molecule has 1 N–H and O–H groups in total. The molecular weight excluding hydrogens is 294 g/mol. The summed E-state index contributed by atoms with van der Waals surface area (Å²) in [6.45, 7) is 8.52. The van der Waals surface area contributed by atoms with Crippen molar-refractivity contribution in [1.82, 2.24) is 15.1 Å². The van der Waals surface area contributed by atoms with Crippen molar-refractivity contribution in [1.29, 1.82) is 0 Å². The number of hydrogen-bond donors (Lipinski definition) is 1. The van der Waals surface area contributed by atoms with Gasteiger partial charge in [0.15, 0.2) is 0 Å². The lowest BCUT2D eigenvalue weighted by Crippen LogP contribution is -2.45. The van der Waals surface area contributed by atoms with Crippen molar-refractivity contribution in [2.45, 2.75) is 52.0 Å². The third kappa shape index (κ3) is 5.09. The van der Waals surface area contributed by atoms with Gasteiger partial charge in [0.25, 0.3) is 0 Å². The fourth-order valence-corrected chi connectivity index (χ4v) is 3.69. The van der Waals surface area contributed by atoms with Crippen molar-refractivity contribution in [2.75, 3.05) is 39.3 Å². The molecule has 6 heteroatoms. The first-order valence-electron chi connectivity index (χ1n) is 9.09. The van der Waals surface area contributed by atoms with E-state index in [4.69, 9.17) is 4.74 Å². The maximum atomic E-state index is 11.9. The van der Waals surface area contributed by atoms with Crippen LogP contribution in [0.3, 0.4) is 0 Å². The number of carbonyl (C=O) groups is 2. The number of hydrogen-bond acceptors (Lipinski definition) is 4. The molecule has 2 heterocycles. The van der Waals surface area contributed by atoms with Gasteiger partial charge in [-0.25, -0.2) is 4.79 Å². The largest absolute Gasteiger partial charge is 0.450 e. The molecule has 2 aliphatic rings. The number of rotatable bonds is 4. The predicted molar refractivity (Wildman–Crippen MR) is 89.2 cm³/mol. The summed E-state index contributed by atoms with van der Waals surface area (Å²) in [6, 6.07) is 0.532. The summed E-state index contributed by atoms with van der Waals surface area (Å²) in [6.07, 6.45) is 4.88. The van der Waals surface area contributed by atoms with Gasteiger partial charge in [-0.05, 0) is 59.0 Å². The third-order valence-corrected chi connectivity index (χ3v) is 4.99. The zero-order valence-electron chi connectivity index (χ0n) is 14.6. The molecule has 23 heavy (non-hydrogen) atoms. The molecule has 6 nitrogen and oxygen atoms in total. The Morgan fingerprint density at radius 1 is 1.04 bits per heavy atom. The van der Waals surface area contributed by atoms with Crippen LogP contribution >= 0.6 is 0 Å². The second-order valence-corrected chi connectivity index (χ2v) is 6.48. The number of carbonyl (C=O) groups excluding carboxylic acids is 2. The highest BCUT2D eigenvalue weighted by Crippen LogP contribution is 2.24. The zero-order chi connectivity index (χ0) is 16.7. The maximum absolute atomic E-state index is 11.9. The first kappa shape index (κ1) is 18.0. The maximum Gasteiger partial charge on any atom is 0.409 e. The Hall–Kier alpha value is -1.30. The third-order valence-electron chi connectivity index (χ3n) is 4.99. The van der Waals surface area contributed by atoms with Crippen LogP contribution in [0.15, 0.2) is 0 Å². The van der Waals surface area contributed by atoms with Crippen LogP contribution in [0.4, 0.5) is 4.79 Å². The van der Waals surface area contributed by atoms with Crippen LogP contribution in [0.5, 0.6) is 0 Å². The number of amides is 2. The van der Waals surface area contributed by atoms with Gasteiger partial charge in [-0.1, -0.05) is 0 Å². The molecule has 0 aromatic carbocycles. The van der Waals surface area contributed by atoms with Gasteiger partial charge in [0, 0.05) is 31.6 Å². The summed E-state index contributed by atoms with van der Waals surface area (Å²) in [7, 11) is 0. The Morgan fingerprint density at radius 2 is 1.78 bits per heavy atom. The molecule has 132 valence electrons. The molecule has 0 aromatic rings. The topological polar surface area (TPSA) is 61.9 Å². The van der Waals surface area contributed by atoms with Gasteiger partial charge < -0.3 is 19.9 Å². The molecule has 1 atom stereocenters. The average Bonchev–Trinajstić information content (AvgIpc) is 2.81. The minimum Gasteiger partial charge on any atom is -0.450 e. The van der Waals surface area contributed by atoms with E-state index in [0.717, 1.165) is 58.3 Å². The fraction of sp³-hybridized carbons (Fsp3) is 0.882. The van der Waals surface area contributed by atoms with Crippen LogP contribution in [0.25, 0.3) is 0 Å². The van der Waals surface area contributed by atoms with Crippen LogP contribution in [0, 0.1) is 5.92 Å². The number of nitrogens with zero attached hydrogens (tertiary/aromatic N) is 2.